The highest BCUT2D eigenvalue weighted by molar-refractivity contribution is 8.00. The van der Waals surface area contributed by atoms with E-state index in [2.05, 4.69) is 17.6 Å². The third-order valence-corrected chi connectivity index (χ3v) is 8.87. The van der Waals surface area contributed by atoms with Gasteiger partial charge < -0.3 is 9.47 Å². The van der Waals surface area contributed by atoms with Gasteiger partial charge in [0.1, 0.15) is 0 Å². The SMILES string of the molecule is CCCCn1c(SC(C)C(=O)N2CCc3ccccc32)nc2cc(S(=O)(=O)N(C)C)ccc21. The molecule has 3 aromatic rings. The summed E-state index contributed by atoms with van der Waals surface area (Å²) in [7, 11) is -0.512. The Balaban J connectivity index is 1.65. The van der Waals surface area contributed by atoms with E-state index in [1.807, 2.05) is 36.1 Å². The molecule has 2 heterocycles. The minimum atomic E-state index is -3.55. The maximum absolute atomic E-state index is 13.3. The number of carbonyl (C=O) groups is 1. The fourth-order valence-electron chi connectivity index (χ4n) is 4.08. The van der Waals surface area contributed by atoms with Crippen LogP contribution in [0, 0.1) is 0 Å². The lowest BCUT2D eigenvalue weighted by Gasteiger charge is -2.21. The summed E-state index contributed by atoms with van der Waals surface area (Å²) in [4.78, 5) is 20.1. The van der Waals surface area contributed by atoms with Crippen molar-refractivity contribution >= 4 is 44.4 Å². The largest absolute Gasteiger partial charge is 0.319 e. The molecule has 0 radical (unpaired) electrons. The van der Waals surface area contributed by atoms with E-state index >= 15 is 0 Å². The van der Waals surface area contributed by atoms with Crippen molar-refractivity contribution in [1.29, 1.82) is 0 Å². The number of unbranched alkanes of at least 4 members (excludes halogenated alkanes) is 1. The van der Waals surface area contributed by atoms with E-state index in [1.54, 1.807) is 12.1 Å². The minimum Gasteiger partial charge on any atom is -0.319 e. The van der Waals surface area contributed by atoms with Crippen molar-refractivity contribution in [2.45, 2.75) is 55.0 Å². The normalized spacial score (nSPS) is 14.8. The highest BCUT2D eigenvalue weighted by atomic mass is 32.2. The molecule has 0 N–H and O–H groups in total. The first kappa shape index (κ1) is 23.8. The summed E-state index contributed by atoms with van der Waals surface area (Å²) >= 11 is 1.44. The van der Waals surface area contributed by atoms with Gasteiger partial charge in [0.25, 0.3) is 0 Å². The highest BCUT2D eigenvalue weighted by Gasteiger charge is 2.29. The molecule has 1 atom stereocenters. The number of nitrogens with zero attached hydrogens (tertiary/aromatic N) is 4. The number of thioether (sulfide) groups is 1. The highest BCUT2D eigenvalue weighted by Crippen LogP contribution is 2.33. The molecule has 0 saturated heterocycles. The second kappa shape index (κ2) is 9.48. The van der Waals surface area contributed by atoms with Crippen molar-refractivity contribution in [3.8, 4) is 0 Å². The van der Waals surface area contributed by atoms with E-state index in [0.29, 0.717) is 12.1 Å². The average Bonchev–Trinajstić information content (AvgIpc) is 3.37. The van der Waals surface area contributed by atoms with Crippen LogP contribution in [0.3, 0.4) is 0 Å². The van der Waals surface area contributed by atoms with Crippen LogP contribution < -0.4 is 4.90 Å². The van der Waals surface area contributed by atoms with Crippen LogP contribution in [0.5, 0.6) is 0 Å². The lowest BCUT2D eigenvalue weighted by molar-refractivity contribution is -0.117. The smallest absolute Gasteiger partial charge is 0.242 e. The number of hydrogen-bond acceptors (Lipinski definition) is 5. The molecular formula is C24H30N4O3S2. The molecule has 0 spiro atoms. The zero-order valence-corrected chi connectivity index (χ0v) is 21.1. The fourth-order valence-corrected chi connectivity index (χ4v) is 6.01. The summed E-state index contributed by atoms with van der Waals surface area (Å²) in [5.41, 5.74) is 3.71. The number of benzene rings is 2. The molecule has 1 unspecified atom stereocenters. The Morgan fingerprint density at radius 1 is 1.21 bits per heavy atom. The predicted octanol–water partition coefficient (Wildman–Crippen LogP) is 4.16. The Bertz CT molecular complexity index is 1280. The number of para-hydroxylation sites is 1. The molecule has 1 aliphatic rings. The number of aromatic nitrogens is 2. The number of fused-ring (bicyclic) bond motifs is 2. The van der Waals surface area contributed by atoms with Gasteiger partial charge in [-0.05, 0) is 49.6 Å². The van der Waals surface area contributed by atoms with Crippen molar-refractivity contribution in [3.05, 3.63) is 48.0 Å². The van der Waals surface area contributed by atoms with Gasteiger partial charge in [-0.1, -0.05) is 43.3 Å². The lowest BCUT2D eigenvalue weighted by Crippen LogP contribution is -2.35. The van der Waals surface area contributed by atoms with Crippen molar-refractivity contribution in [1.82, 2.24) is 13.9 Å². The van der Waals surface area contributed by atoms with E-state index in [1.165, 1.54) is 35.7 Å². The standard InChI is InChI=1S/C24H30N4O3S2/c1-5-6-14-28-22-12-11-19(33(30,31)26(3)4)16-20(22)25-24(28)32-17(2)23(29)27-15-13-18-9-7-8-10-21(18)27/h7-12,16-17H,5-6,13-15H2,1-4H3. The van der Waals surface area contributed by atoms with Gasteiger partial charge in [-0.25, -0.2) is 17.7 Å². The van der Waals surface area contributed by atoms with Crippen molar-refractivity contribution in [3.63, 3.8) is 0 Å². The fraction of sp³-hybridized carbons (Fsp3) is 0.417. The Morgan fingerprint density at radius 2 is 1.97 bits per heavy atom. The summed E-state index contributed by atoms with van der Waals surface area (Å²) < 4.78 is 28.5. The van der Waals surface area contributed by atoms with E-state index in [9.17, 15) is 13.2 Å². The Labute approximate surface area is 199 Å². The van der Waals surface area contributed by atoms with Crippen LogP contribution in [0.25, 0.3) is 11.0 Å². The lowest BCUT2D eigenvalue weighted by atomic mass is 10.2. The van der Waals surface area contributed by atoms with Gasteiger partial charge in [0.2, 0.25) is 15.9 Å². The summed E-state index contributed by atoms with van der Waals surface area (Å²) in [6, 6.07) is 13.1. The van der Waals surface area contributed by atoms with Crippen LogP contribution in [0.4, 0.5) is 5.69 Å². The van der Waals surface area contributed by atoms with Crippen LogP contribution in [-0.2, 0) is 27.8 Å². The Morgan fingerprint density at radius 3 is 2.70 bits per heavy atom. The number of aryl methyl sites for hydroxylation is 1. The summed E-state index contributed by atoms with van der Waals surface area (Å²) in [6.45, 7) is 5.51. The molecule has 4 rings (SSSR count). The number of rotatable bonds is 8. The van der Waals surface area contributed by atoms with E-state index in [0.717, 1.165) is 42.2 Å². The first-order chi connectivity index (χ1) is 15.7. The molecule has 176 valence electrons. The zero-order chi connectivity index (χ0) is 23.8. The molecular weight excluding hydrogens is 456 g/mol. The summed E-state index contributed by atoms with van der Waals surface area (Å²) in [6.07, 6.45) is 2.87. The molecule has 33 heavy (non-hydrogen) atoms. The van der Waals surface area contributed by atoms with Gasteiger partial charge in [0.05, 0.1) is 21.2 Å². The summed E-state index contributed by atoms with van der Waals surface area (Å²) in [5.74, 6) is 0.0647. The van der Waals surface area contributed by atoms with Gasteiger partial charge in [-0.2, -0.15) is 0 Å². The second-order valence-corrected chi connectivity index (χ2v) is 11.9. The molecule has 9 heteroatoms. The predicted molar refractivity (Wildman–Crippen MR) is 133 cm³/mol. The van der Waals surface area contributed by atoms with Crippen LogP contribution >= 0.6 is 11.8 Å². The minimum absolute atomic E-state index is 0.0647. The van der Waals surface area contributed by atoms with Crippen LogP contribution in [0.2, 0.25) is 0 Å². The van der Waals surface area contributed by atoms with Gasteiger partial charge in [-0.3, -0.25) is 4.79 Å². The van der Waals surface area contributed by atoms with Gasteiger partial charge in [-0.15, -0.1) is 0 Å². The molecule has 2 aromatic carbocycles. The number of anilines is 1. The second-order valence-electron chi connectivity index (χ2n) is 8.47. The van der Waals surface area contributed by atoms with E-state index in [-0.39, 0.29) is 16.1 Å². The number of carbonyl (C=O) groups excluding carboxylic acids is 1. The number of amides is 1. The van der Waals surface area contributed by atoms with E-state index in [4.69, 9.17) is 4.98 Å². The number of sulfonamides is 1. The van der Waals surface area contributed by atoms with Crippen LogP contribution in [-0.4, -0.2) is 54.1 Å². The average molecular weight is 487 g/mol. The Kier molecular flexibility index (Phi) is 6.83. The number of hydrogen-bond donors (Lipinski definition) is 0. The topological polar surface area (TPSA) is 75.5 Å². The molecule has 1 amide bonds. The maximum Gasteiger partial charge on any atom is 0.242 e. The van der Waals surface area contributed by atoms with E-state index < -0.39 is 10.0 Å². The molecule has 1 aliphatic heterocycles. The molecule has 0 bridgehead atoms. The first-order valence-corrected chi connectivity index (χ1v) is 13.5. The first-order valence-electron chi connectivity index (χ1n) is 11.2. The van der Waals surface area contributed by atoms with Crippen LogP contribution in [0.15, 0.2) is 52.5 Å². The van der Waals surface area contributed by atoms with Crippen LogP contribution in [0.1, 0.15) is 32.3 Å². The monoisotopic (exact) mass is 486 g/mol. The zero-order valence-electron chi connectivity index (χ0n) is 19.5. The molecule has 0 aliphatic carbocycles. The maximum atomic E-state index is 13.3. The third kappa shape index (κ3) is 4.54. The molecule has 7 nitrogen and oxygen atoms in total. The quantitative estimate of drug-likeness (QED) is 0.447. The van der Waals surface area contributed by atoms with Crippen molar-refractivity contribution in [2.75, 3.05) is 25.5 Å². The summed E-state index contributed by atoms with van der Waals surface area (Å²) in [5, 5.41) is 0.421. The van der Waals surface area contributed by atoms with Gasteiger partial charge >= 0.3 is 0 Å². The van der Waals surface area contributed by atoms with Gasteiger partial charge in [0, 0.05) is 32.9 Å². The molecule has 1 aromatic heterocycles. The van der Waals surface area contributed by atoms with Crippen molar-refractivity contribution < 1.29 is 13.2 Å². The number of imidazole rings is 1. The molecule has 0 saturated carbocycles. The Hall–Kier alpha value is -2.36. The third-order valence-electron chi connectivity index (χ3n) is 5.98. The van der Waals surface area contributed by atoms with Gasteiger partial charge in [0.15, 0.2) is 5.16 Å². The molecule has 0 fully saturated rings. The van der Waals surface area contributed by atoms with Crippen molar-refractivity contribution in [2.24, 2.45) is 0 Å².